The van der Waals surface area contributed by atoms with Crippen LogP contribution in [0.15, 0.2) is 52.4 Å². The van der Waals surface area contributed by atoms with Gasteiger partial charge in [0.1, 0.15) is 0 Å². The Morgan fingerprint density at radius 1 is 1.12 bits per heavy atom. The molecule has 1 amide bonds. The molecule has 2 aromatic rings. The van der Waals surface area contributed by atoms with Crippen LogP contribution < -0.4 is 22.5 Å². The molecule has 7 N–H and O–H groups in total. The van der Waals surface area contributed by atoms with E-state index in [9.17, 15) is 4.79 Å². The maximum Gasteiger partial charge on any atom is 0.255 e. The van der Waals surface area contributed by atoms with E-state index in [1.807, 2.05) is 13.0 Å². The summed E-state index contributed by atoms with van der Waals surface area (Å²) < 4.78 is 0. The van der Waals surface area contributed by atoms with Gasteiger partial charge in [-0.1, -0.05) is 23.7 Å². The standard InChI is InChI=1S/C16H17ClN6O/c1-9-5-6-11(17)8-13(9)22-14(24)10-3-2-4-12(7-10)21-16(20)23-15(18)19/h2-8H,1H3,(H,22,24)(H6,18,19,20,21,23). The maximum absolute atomic E-state index is 12.4. The van der Waals surface area contributed by atoms with Gasteiger partial charge in [0.25, 0.3) is 5.91 Å². The second-order valence-electron chi connectivity index (χ2n) is 4.97. The molecule has 7 nitrogen and oxygen atoms in total. The molecule has 2 rings (SSSR count). The van der Waals surface area contributed by atoms with Gasteiger partial charge in [0.05, 0.1) is 5.69 Å². The summed E-state index contributed by atoms with van der Waals surface area (Å²) in [4.78, 5) is 20.0. The second-order valence-corrected chi connectivity index (χ2v) is 5.41. The number of hydrogen-bond acceptors (Lipinski definition) is 2. The van der Waals surface area contributed by atoms with Crippen LogP contribution in [-0.2, 0) is 0 Å². The molecule has 0 aliphatic heterocycles. The van der Waals surface area contributed by atoms with Crippen LogP contribution in [0.2, 0.25) is 5.02 Å². The number of nitrogens with one attached hydrogen (secondary N) is 1. The van der Waals surface area contributed by atoms with E-state index in [0.717, 1.165) is 5.56 Å². The highest BCUT2D eigenvalue weighted by Gasteiger charge is 2.09. The molecule has 0 saturated heterocycles. The number of carbonyl (C=O) groups excluding carboxylic acids is 1. The van der Waals surface area contributed by atoms with Gasteiger partial charge in [0, 0.05) is 16.3 Å². The van der Waals surface area contributed by atoms with Crippen molar-refractivity contribution in [3.8, 4) is 0 Å². The first-order chi connectivity index (χ1) is 11.3. The van der Waals surface area contributed by atoms with E-state index in [1.54, 1.807) is 36.4 Å². The first-order valence-electron chi connectivity index (χ1n) is 6.96. The molecule has 0 heterocycles. The van der Waals surface area contributed by atoms with Crippen molar-refractivity contribution in [2.75, 3.05) is 5.32 Å². The van der Waals surface area contributed by atoms with Gasteiger partial charge in [-0.25, -0.2) is 4.99 Å². The number of anilines is 1. The predicted molar refractivity (Wildman–Crippen MR) is 97.7 cm³/mol. The normalized spacial score (nSPS) is 11.0. The zero-order chi connectivity index (χ0) is 17.7. The van der Waals surface area contributed by atoms with Crippen LogP contribution in [0, 0.1) is 6.92 Å². The average Bonchev–Trinajstić information content (AvgIpc) is 2.50. The molecule has 0 fully saturated rings. The molecule has 0 bridgehead atoms. The van der Waals surface area contributed by atoms with Crippen LogP contribution in [0.1, 0.15) is 15.9 Å². The fourth-order valence-corrected chi connectivity index (χ4v) is 2.10. The SMILES string of the molecule is Cc1ccc(Cl)cc1NC(=O)c1cccc(N=C(N)N=C(N)N)c1. The van der Waals surface area contributed by atoms with Gasteiger partial charge in [-0.15, -0.1) is 0 Å². The summed E-state index contributed by atoms with van der Waals surface area (Å²) in [5.41, 5.74) is 18.4. The van der Waals surface area contributed by atoms with Gasteiger partial charge in [-0.2, -0.15) is 4.99 Å². The molecule has 124 valence electrons. The van der Waals surface area contributed by atoms with E-state index in [0.29, 0.717) is 22.0 Å². The number of nitrogens with two attached hydrogens (primary N) is 3. The fraction of sp³-hybridized carbons (Fsp3) is 0.0625. The molecule has 0 aliphatic rings. The number of hydrogen-bond donors (Lipinski definition) is 4. The fourth-order valence-electron chi connectivity index (χ4n) is 1.93. The van der Waals surface area contributed by atoms with Crippen molar-refractivity contribution in [2.45, 2.75) is 6.92 Å². The number of halogens is 1. The monoisotopic (exact) mass is 344 g/mol. The van der Waals surface area contributed by atoms with Crippen molar-refractivity contribution >= 4 is 40.8 Å². The summed E-state index contributed by atoms with van der Waals surface area (Å²) in [6.07, 6.45) is 0. The lowest BCUT2D eigenvalue weighted by Gasteiger charge is -2.09. The van der Waals surface area contributed by atoms with Crippen LogP contribution >= 0.6 is 11.6 Å². The van der Waals surface area contributed by atoms with Crippen LogP contribution in [0.3, 0.4) is 0 Å². The number of nitrogens with zero attached hydrogens (tertiary/aromatic N) is 2. The number of guanidine groups is 2. The summed E-state index contributed by atoms with van der Waals surface area (Å²) >= 11 is 5.95. The lowest BCUT2D eigenvalue weighted by molar-refractivity contribution is 0.102. The highest BCUT2D eigenvalue weighted by molar-refractivity contribution is 6.31. The van der Waals surface area contributed by atoms with E-state index in [4.69, 9.17) is 28.8 Å². The molecule has 0 unspecified atom stereocenters. The van der Waals surface area contributed by atoms with Gasteiger partial charge in [-0.05, 0) is 42.8 Å². The average molecular weight is 345 g/mol. The van der Waals surface area contributed by atoms with Crippen molar-refractivity contribution < 1.29 is 4.79 Å². The van der Waals surface area contributed by atoms with E-state index >= 15 is 0 Å². The molecule has 0 saturated carbocycles. The minimum Gasteiger partial charge on any atom is -0.370 e. The van der Waals surface area contributed by atoms with Gasteiger partial charge < -0.3 is 22.5 Å². The molecule has 24 heavy (non-hydrogen) atoms. The third-order valence-electron chi connectivity index (χ3n) is 3.04. The van der Waals surface area contributed by atoms with Crippen LogP contribution in [0.4, 0.5) is 11.4 Å². The third-order valence-corrected chi connectivity index (χ3v) is 3.28. The van der Waals surface area contributed by atoms with Crippen molar-refractivity contribution in [2.24, 2.45) is 27.2 Å². The van der Waals surface area contributed by atoms with Crippen molar-refractivity contribution in [1.82, 2.24) is 0 Å². The van der Waals surface area contributed by atoms with E-state index in [2.05, 4.69) is 15.3 Å². The third kappa shape index (κ3) is 4.72. The number of rotatable bonds is 3. The Bertz CT molecular complexity index is 827. The van der Waals surface area contributed by atoms with Crippen molar-refractivity contribution in [3.63, 3.8) is 0 Å². The van der Waals surface area contributed by atoms with E-state index < -0.39 is 0 Å². The first-order valence-corrected chi connectivity index (χ1v) is 7.34. The Kier molecular flexibility index (Phi) is 5.39. The Hall–Kier alpha value is -3.06. The number of aliphatic imine (C=N–C) groups is 2. The topological polar surface area (TPSA) is 132 Å². The molecule has 2 aromatic carbocycles. The van der Waals surface area contributed by atoms with Crippen LogP contribution in [0.5, 0.6) is 0 Å². The smallest absolute Gasteiger partial charge is 0.255 e. The van der Waals surface area contributed by atoms with Crippen molar-refractivity contribution in [1.29, 1.82) is 0 Å². The Morgan fingerprint density at radius 3 is 2.58 bits per heavy atom. The molecule has 0 spiro atoms. The molecule has 8 heteroatoms. The summed E-state index contributed by atoms with van der Waals surface area (Å²) in [5, 5.41) is 3.35. The van der Waals surface area contributed by atoms with E-state index in [-0.39, 0.29) is 17.8 Å². The van der Waals surface area contributed by atoms with Crippen LogP contribution in [-0.4, -0.2) is 17.8 Å². The van der Waals surface area contributed by atoms with E-state index in [1.165, 1.54) is 0 Å². The summed E-state index contributed by atoms with van der Waals surface area (Å²) in [6, 6.07) is 11.9. The molecule has 0 radical (unpaired) electrons. The largest absolute Gasteiger partial charge is 0.370 e. The molecular weight excluding hydrogens is 328 g/mol. The van der Waals surface area contributed by atoms with Crippen LogP contribution in [0.25, 0.3) is 0 Å². The summed E-state index contributed by atoms with van der Waals surface area (Å²) in [6.45, 7) is 1.88. The van der Waals surface area contributed by atoms with Gasteiger partial charge in [0.15, 0.2) is 5.96 Å². The first kappa shape index (κ1) is 17.3. The summed E-state index contributed by atoms with van der Waals surface area (Å²) in [7, 11) is 0. The minimum atomic E-state index is -0.294. The molecule has 0 aromatic heterocycles. The highest BCUT2D eigenvalue weighted by atomic mass is 35.5. The Labute approximate surface area is 144 Å². The number of aryl methyl sites for hydroxylation is 1. The maximum atomic E-state index is 12.4. The molecular formula is C16H17ClN6O. The van der Waals surface area contributed by atoms with Gasteiger partial charge in [-0.3, -0.25) is 4.79 Å². The zero-order valence-electron chi connectivity index (χ0n) is 13.0. The quantitative estimate of drug-likeness (QED) is 0.501. The summed E-state index contributed by atoms with van der Waals surface area (Å²) in [5.74, 6) is -0.586. The van der Waals surface area contributed by atoms with Crippen molar-refractivity contribution in [3.05, 3.63) is 58.6 Å². The number of benzene rings is 2. The Balaban J connectivity index is 2.23. The minimum absolute atomic E-state index is 0.0988. The number of carbonyl (C=O) groups is 1. The predicted octanol–water partition coefficient (Wildman–Crippen LogP) is 2.12. The Morgan fingerprint density at radius 2 is 1.88 bits per heavy atom. The number of amides is 1. The zero-order valence-corrected chi connectivity index (χ0v) is 13.7. The van der Waals surface area contributed by atoms with Gasteiger partial charge >= 0.3 is 0 Å². The van der Waals surface area contributed by atoms with Gasteiger partial charge in [0.2, 0.25) is 5.96 Å². The lowest BCUT2D eigenvalue weighted by Crippen LogP contribution is -2.26. The molecule has 0 aliphatic carbocycles. The lowest BCUT2D eigenvalue weighted by atomic mass is 10.1. The second kappa shape index (κ2) is 7.47. The molecule has 0 atom stereocenters. The highest BCUT2D eigenvalue weighted by Crippen LogP contribution is 2.22.